The molecule has 3 N–H and O–H groups in total. The number of hydrogen-bond donors (Lipinski definition) is 2. The van der Waals surface area contributed by atoms with Crippen molar-refractivity contribution in [1.29, 1.82) is 0 Å². The molecule has 0 radical (unpaired) electrons. The number of amides is 2. The zero-order valence-corrected chi connectivity index (χ0v) is 8.46. The largest absolute Gasteiger partial charge is 0.352 e. The Morgan fingerprint density at radius 2 is 2.27 bits per heavy atom. The number of primary amides is 1. The van der Waals surface area contributed by atoms with Crippen molar-refractivity contribution in [2.45, 2.75) is 6.54 Å². The van der Waals surface area contributed by atoms with Crippen molar-refractivity contribution in [3.8, 4) is 0 Å². The molecule has 5 heteroatoms. The Labute approximate surface area is 89.3 Å². The van der Waals surface area contributed by atoms with Crippen LogP contribution < -0.4 is 11.0 Å². The molecule has 1 aromatic carbocycles. The fourth-order valence-corrected chi connectivity index (χ4v) is 1.16. The molecule has 0 spiro atoms. The van der Waals surface area contributed by atoms with Crippen molar-refractivity contribution in [3.63, 3.8) is 0 Å². The van der Waals surface area contributed by atoms with E-state index >= 15 is 0 Å². The van der Waals surface area contributed by atoms with Crippen LogP contribution in [0.2, 0.25) is 1.41 Å². The highest BCUT2D eigenvalue weighted by molar-refractivity contribution is 5.71. The van der Waals surface area contributed by atoms with Gasteiger partial charge in [-0.2, -0.15) is 0 Å². The lowest BCUT2D eigenvalue weighted by Crippen LogP contribution is -2.38. The van der Waals surface area contributed by atoms with Crippen LogP contribution in [0.25, 0.3) is 0 Å². The number of rotatable bonds is 4. The zero-order chi connectivity index (χ0) is 12.0. The summed E-state index contributed by atoms with van der Waals surface area (Å²) in [5.74, 6) is -0.266. The number of carbonyl (C=O) groups excluding carboxylic acids is 1. The van der Waals surface area contributed by atoms with E-state index in [1.165, 1.54) is 12.1 Å². The summed E-state index contributed by atoms with van der Waals surface area (Å²) < 4.78 is 19.2. The van der Waals surface area contributed by atoms with Crippen LogP contribution in [0.5, 0.6) is 0 Å². The summed E-state index contributed by atoms with van der Waals surface area (Å²) in [7, 11) is 1.81. The average molecular weight is 213 g/mol. The average Bonchev–Trinajstić information content (AvgIpc) is 2.29. The monoisotopic (exact) mass is 213 g/mol. The molecule has 0 unspecified atom stereocenters. The lowest BCUT2D eigenvalue weighted by molar-refractivity contribution is 0.236. The number of halogens is 1. The Kier molecular flexibility index (Phi) is 3.51. The van der Waals surface area contributed by atoms with E-state index in [0.29, 0.717) is 13.2 Å². The van der Waals surface area contributed by atoms with Gasteiger partial charge in [0.05, 0.1) is 6.67 Å². The summed E-state index contributed by atoms with van der Waals surface area (Å²) in [5, 5.41) is 2.48. The molecule has 4 nitrogen and oxygen atoms in total. The van der Waals surface area contributed by atoms with Gasteiger partial charge < -0.3 is 11.0 Å². The molecule has 82 valence electrons. The molecule has 1 aromatic rings. The molecule has 0 heterocycles. The van der Waals surface area contributed by atoms with Crippen LogP contribution in [0.15, 0.2) is 24.3 Å². The maximum atomic E-state index is 12.6. The van der Waals surface area contributed by atoms with Gasteiger partial charge in [0, 0.05) is 6.54 Å². The van der Waals surface area contributed by atoms with E-state index in [9.17, 15) is 9.18 Å². The topological polar surface area (TPSA) is 58.4 Å². The SMILES string of the molecule is [3H]NC(=O)NCN(C)Cc1ccc(F)cc1. The molecule has 0 saturated carbocycles. The van der Waals surface area contributed by atoms with Gasteiger partial charge in [-0.3, -0.25) is 4.90 Å². The van der Waals surface area contributed by atoms with Crippen LogP contribution in [0, 0.1) is 5.82 Å². The summed E-state index contributed by atoms with van der Waals surface area (Å²) in [6, 6.07) is 5.62. The minimum atomic E-state index is -0.550. The van der Waals surface area contributed by atoms with Gasteiger partial charge in [0.25, 0.3) is 0 Å². The molecular weight excluding hydrogens is 197 g/mol. The predicted octanol–water partition coefficient (Wildman–Crippen LogP) is 0.883. The predicted molar refractivity (Wildman–Crippen MR) is 55.5 cm³/mol. The molecule has 0 aliphatic heterocycles. The molecule has 1 rings (SSSR count). The van der Waals surface area contributed by atoms with Crippen molar-refractivity contribution in [1.82, 2.24) is 10.2 Å². The molecular formula is C10H14FN3O. The lowest BCUT2D eigenvalue weighted by Gasteiger charge is -2.16. The van der Waals surface area contributed by atoms with Gasteiger partial charge in [0.1, 0.15) is 5.82 Å². The van der Waals surface area contributed by atoms with Crippen molar-refractivity contribution >= 4 is 6.03 Å². The van der Waals surface area contributed by atoms with E-state index < -0.39 is 6.03 Å². The Morgan fingerprint density at radius 1 is 1.60 bits per heavy atom. The van der Waals surface area contributed by atoms with Crippen molar-refractivity contribution in [2.75, 3.05) is 13.7 Å². The van der Waals surface area contributed by atoms with E-state index in [2.05, 4.69) is 5.32 Å². The standard InChI is InChI=1S/C10H14FN3O/c1-14(7-13-10(12)15)6-8-2-4-9(11)5-3-8/h2-5H,6-7H2,1H3,(H3,12,13,15)/i/hT. The molecule has 0 aliphatic carbocycles. The van der Waals surface area contributed by atoms with Crippen LogP contribution in [-0.2, 0) is 6.54 Å². The number of nitrogens with two attached hydrogens (primary N) is 1. The first-order valence-corrected chi connectivity index (χ1v) is 4.50. The normalized spacial score (nSPS) is 11.0. The van der Waals surface area contributed by atoms with Gasteiger partial charge in [-0.15, -0.1) is 0 Å². The van der Waals surface area contributed by atoms with Gasteiger partial charge in [-0.05, 0) is 24.7 Å². The summed E-state index contributed by atoms with van der Waals surface area (Å²) in [4.78, 5) is 12.6. The molecule has 0 atom stereocenters. The van der Waals surface area contributed by atoms with Crippen LogP contribution in [0.3, 0.4) is 0 Å². The summed E-state index contributed by atoms with van der Waals surface area (Å²) in [6.45, 7) is 0.917. The summed E-state index contributed by atoms with van der Waals surface area (Å²) in [6.07, 6.45) is 0. The maximum Gasteiger partial charge on any atom is 0.313 e. The molecule has 0 aliphatic rings. The molecule has 0 saturated heterocycles. The molecule has 0 aromatic heterocycles. The summed E-state index contributed by atoms with van der Waals surface area (Å²) >= 11 is 0. The molecule has 0 fully saturated rings. The second-order valence-corrected chi connectivity index (χ2v) is 3.30. The highest BCUT2D eigenvalue weighted by Gasteiger charge is 2.01. The number of urea groups is 1. The Morgan fingerprint density at radius 3 is 2.87 bits per heavy atom. The first-order chi connectivity index (χ1) is 7.61. The highest BCUT2D eigenvalue weighted by Crippen LogP contribution is 2.04. The number of nitrogens with one attached hydrogen (secondary N) is 1. The van der Waals surface area contributed by atoms with Crippen LogP contribution in [0.4, 0.5) is 9.18 Å². The lowest BCUT2D eigenvalue weighted by atomic mass is 10.2. The highest BCUT2D eigenvalue weighted by atomic mass is 19.1. The van der Waals surface area contributed by atoms with Gasteiger partial charge in [-0.1, -0.05) is 12.1 Å². The zero-order valence-electron chi connectivity index (χ0n) is 9.46. The van der Waals surface area contributed by atoms with E-state index in [-0.39, 0.29) is 5.82 Å². The fraction of sp³-hybridized carbons (Fsp3) is 0.300. The number of carbonyl (C=O) groups is 1. The molecule has 0 bridgehead atoms. The van der Waals surface area contributed by atoms with Gasteiger partial charge >= 0.3 is 6.03 Å². The van der Waals surface area contributed by atoms with E-state index in [4.69, 9.17) is 1.41 Å². The van der Waals surface area contributed by atoms with Crippen molar-refractivity contribution in [2.24, 2.45) is 5.73 Å². The minimum Gasteiger partial charge on any atom is -0.352 e. The third-order valence-electron chi connectivity index (χ3n) is 1.88. The Balaban J connectivity index is 2.36. The van der Waals surface area contributed by atoms with Crippen molar-refractivity contribution < 1.29 is 10.6 Å². The van der Waals surface area contributed by atoms with Crippen molar-refractivity contribution in [3.05, 3.63) is 35.6 Å². The van der Waals surface area contributed by atoms with E-state index in [1.807, 2.05) is 11.9 Å². The molecule has 15 heavy (non-hydrogen) atoms. The second kappa shape index (κ2) is 5.31. The third-order valence-corrected chi connectivity index (χ3v) is 1.88. The Hall–Kier alpha value is -1.62. The number of nitrogens with zero attached hydrogens (tertiary/aromatic N) is 1. The van der Waals surface area contributed by atoms with E-state index in [0.717, 1.165) is 5.56 Å². The number of hydrogen-bond acceptors (Lipinski definition) is 2. The van der Waals surface area contributed by atoms with Crippen LogP contribution in [-0.4, -0.2) is 24.6 Å². The quantitative estimate of drug-likeness (QED) is 0.729. The van der Waals surface area contributed by atoms with E-state index in [1.54, 1.807) is 17.9 Å². The van der Waals surface area contributed by atoms with Gasteiger partial charge in [-0.25, -0.2) is 9.18 Å². The summed E-state index contributed by atoms with van der Waals surface area (Å²) in [5.41, 5.74) is 2.67. The Bertz CT molecular complexity index is 344. The van der Waals surface area contributed by atoms with Gasteiger partial charge in [0.15, 0.2) is 1.41 Å². The van der Waals surface area contributed by atoms with Gasteiger partial charge in [0.2, 0.25) is 0 Å². The molecule has 2 amide bonds. The third kappa shape index (κ3) is 4.42. The smallest absolute Gasteiger partial charge is 0.313 e. The fourth-order valence-electron chi connectivity index (χ4n) is 1.16. The second-order valence-electron chi connectivity index (χ2n) is 3.30. The minimum absolute atomic E-state index is 0.266. The first kappa shape index (κ1) is 9.92. The first-order valence-electron chi connectivity index (χ1n) is 5.00. The van der Waals surface area contributed by atoms with Crippen LogP contribution >= 0.6 is 0 Å². The number of benzene rings is 1. The maximum absolute atomic E-state index is 12.6. The van der Waals surface area contributed by atoms with Crippen LogP contribution in [0.1, 0.15) is 5.56 Å².